The summed E-state index contributed by atoms with van der Waals surface area (Å²) < 4.78 is 0. The van der Waals surface area contributed by atoms with Crippen LogP contribution in [0.4, 0.5) is 0 Å². The van der Waals surface area contributed by atoms with Crippen molar-refractivity contribution in [2.45, 2.75) is 52.2 Å². The first-order chi connectivity index (χ1) is 17.7. The van der Waals surface area contributed by atoms with Crippen LogP contribution in [0.5, 0.6) is 0 Å². The Kier molecular flexibility index (Phi) is 9.39. The van der Waals surface area contributed by atoms with Crippen molar-refractivity contribution in [2.75, 3.05) is 33.7 Å². The largest absolute Gasteiger partial charge is 0.384 e. The van der Waals surface area contributed by atoms with Crippen LogP contribution in [0.1, 0.15) is 55.6 Å². The highest BCUT2D eigenvalue weighted by Gasteiger charge is 2.50. The van der Waals surface area contributed by atoms with Gasteiger partial charge in [-0.05, 0) is 61.8 Å². The molecule has 2 aromatic carbocycles. The van der Waals surface area contributed by atoms with Crippen LogP contribution in [-0.4, -0.2) is 72.3 Å². The van der Waals surface area contributed by atoms with Crippen LogP contribution in [0, 0.1) is 11.3 Å². The fraction of sp³-hybridized carbons (Fsp3) is 0.500. The molecule has 0 aromatic heterocycles. The summed E-state index contributed by atoms with van der Waals surface area (Å²) in [6.45, 7) is 8.74. The number of likely N-dealkylation sites (tertiary alicyclic amines) is 1. The van der Waals surface area contributed by atoms with Gasteiger partial charge in [0, 0.05) is 35.5 Å². The van der Waals surface area contributed by atoms with Gasteiger partial charge in [-0.3, -0.25) is 14.4 Å². The van der Waals surface area contributed by atoms with Gasteiger partial charge in [0.05, 0.1) is 12.1 Å². The summed E-state index contributed by atoms with van der Waals surface area (Å²) >= 11 is 6.04. The van der Waals surface area contributed by atoms with Gasteiger partial charge in [-0.25, -0.2) is 0 Å². The predicted octanol–water partition coefficient (Wildman–Crippen LogP) is 3.91. The zero-order valence-electron chi connectivity index (χ0n) is 23.3. The number of rotatable bonds is 9. The highest BCUT2D eigenvalue weighted by molar-refractivity contribution is 6.30. The average Bonchev–Trinajstić information content (AvgIpc) is 2.83. The first-order valence-corrected chi connectivity index (χ1v) is 13.4. The van der Waals surface area contributed by atoms with Gasteiger partial charge >= 0.3 is 0 Å². The number of piperidine rings is 1. The van der Waals surface area contributed by atoms with Gasteiger partial charge < -0.3 is 20.2 Å². The predicted molar refractivity (Wildman–Crippen MR) is 150 cm³/mol. The summed E-state index contributed by atoms with van der Waals surface area (Å²) in [6.07, 6.45) is 0.611. The van der Waals surface area contributed by atoms with Crippen LogP contribution >= 0.6 is 11.6 Å². The van der Waals surface area contributed by atoms with E-state index in [1.54, 1.807) is 35.2 Å². The Hall–Kier alpha value is -2.74. The minimum Gasteiger partial charge on any atom is -0.384 e. The van der Waals surface area contributed by atoms with Gasteiger partial charge in [-0.1, -0.05) is 63.6 Å². The number of likely N-dealkylation sites (N-methyl/N-ethyl adjacent to an activating group) is 1. The van der Waals surface area contributed by atoms with E-state index in [1.165, 1.54) is 0 Å². The number of hydrogen-bond acceptors (Lipinski definition) is 5. The molecular formula is C30H40ClN3O4. The Morgan fingerprint density at radius 3 is 2.34 bits per heavy atom. The van der Waals surface area contributed by atoms with Crippen molar-refractivity contribution in [3.8, 4) is 0 Å². The molecule has 1 heterocycles. The van der Waals surface area contributed by atoms with Crippen LogP contribution in [0.3, 0.4) is 0 Å². The Labute approximate surface area is 231 Å². The second kappa shape index (κ2) is 12.0. The summed E-state index contributed by atoms with van der Waals surface area (Å²) in [7, 11) is 3.68. The van der Waals surface area contributed by atoms with Crippen molar-refractivity contribution in [3.63, 3.8) is 0 Å². The molecular weight excluding hydrogens is 502 g/mol. The fourth-order valence-corrected chi connectivity index (χ4v) is 5.29. The third-order valence-electron chi connectivity index (χ3n) is 7.39. The fourth-order valence-electron chi connectivity index (χ4n) is 5.16. The molecule has 8 heteroatoms. The number of amides is 2. The van der Waals surface area contributed by atoms with Crippen molar-refractivity contribution in [3.05, 3.63) is 70.2 Å². The Balaban J connectivity index is 1.72. The molecule has 2 aromatic rings. The third kappa shape index (κ3) is 6.82. The lowest BCUT2D eigenvalue weighted by molar-refractivity contribution is -0.155. The van der Waals surface area contributed by atoms with Crippen molar-refractivity contribution in [1.29, 1.82) is 0 Å². The van der Waals surface area contributed by atoms with E-state index in [4.69, 9.17) is 11.6 Å². The zero-order valence-corrected chi connectivity index (χ0v) is 24.0. The number of halogens is 1. The smallest absolute Gasteiger partial charge is 0.251 e. The van der Waals surface area contributed by atoms with E-state index < -0.39 is 17.1 Å². The Morgan fingerprint density at radius 1 is 1.11 bits per heavy atom. The standard InChI is InChI=1S/C30H40ClN3O4/c1-20(2)26(32-27(36)22-9-7-8-21(16-22)17-25(35)18-33(5)6)28(37)34-15-14-30(38,29(3,4)19-34)23-10-12-24(31)13-11-23/h7-13,16,20,26,38H,14-15,17-19H2,1-6H3,(H,32,36)/t26-,30+/m1/s1. The lowest BCUT2D eigenvalue weighted by atomic mass is 9.66. The molecule has 1 aliphatic heterocycles. The van der Waals surface area contributed by atoms with Gasteiger partial charge in [-0.15, -0.1) is 0 Å². The number of carbonyl (C=O) groups is 3. The molecule has 0 unspecified atom stereocenters. The average molecular weight is 542 g/mol. The van der Waals surface area contributed by atoms with E-state index in [0.29, 0.717) is 36.6 Å². The maximum atomic E-state index is 13.7. The number of aliphatic hydroxyl groups is 1. The molecule has 206 valence electrons. The molecule has 1 saturated heterocycles. The number of Topliss-reactive ketones (excluding diaryl/α,β-unsaturated/α-hetero) is 1. The van der Waals surface area contributed by atoms with E-state index in [9.17, 15) is 19.5 Å². The van der Waals surface area contributed by atoms with Crippen LogP contribution in [0.15, 0.2) is 48.5 Å². The molecule has 0 bridgehead atoms. The van der Waals surface area contributed by atoms with Crippen molar-refractivity contribution < 1.29 is 19.5 Å². The third-order valence-corrected chi connectivity index (χ3v) is 7.64. The Morgan fingerprint density at radius 2 is 1.76 bits per heavy atom. The van der Waals surface area contributed by atoms with Gasteiger partial charge in [0.25, 0.3) is 5.91 Å². The highest BCUT2D eigenvalue weighted by atomic mass is 35.5. The van der Waals surface area contributed by atoms with E-state index in [-0.39, 0.29) is 29.9 Å². The summed E-state index contributed by atoms with van der Waals surface area (Å²) in [6, 6.07) is 13.5. The van der Waals surface area contributed by atoms with E-state index >= 15 is 0 Å². The van der Waals surface area contributed by atoms with E-state index in [1.807, 2.05) is 64.9 Å². The maximum absolute atomic E-state index is 13.7. The maximum Gasteiger partial charge on any atom is 0.251 e. The topological polar surface area (TPSA) is 90.0 Å². The number of nitrogens with zero attached hydrogens (tertiary/aromatic N) is 2. The molecule has 2 atom stereocenters. The van der Waals surface area contributed by atoms with Crippen LogP contribution in [0.25, 0.3) is 0 Å². The molecule has 0 radical (unpaired) electrons. The number of hydrogen-bond donors (Lipinski definition) is 2. The van der Waals surface area contributed by atoms with Crippen molar-refractivity contribution >= 4 is 29.2 Å². The summed E-state index contributed by atoms with van der Waals surface area (Å²) in [5.41, 5.74) is 0.200. The minimum atomic E-state index is -1.12. The molecule has 3 rings (SSSR count). The minimum absolute atomic E-state index is 0.0639. The molecule has 1 aliphatic rings. The van der Waals surface area contributed by atoms with Gasteiger partial charge in [0.2, 0.25) is 5.91 Å². The van der Waals surface area contributed by atoms with Gasteiger partial charge in [0.15, 0.2) is 5.78 Å². The van der Waals surface area contributed by atoms with Crippen LogP contribution < -0.4 is 5.32 Å². The van der Waals surface area contributed by atoms with E-state index in [0.717, 1.165) is 11.1 Å². The molecule has 1 fully saturated rings. The van der Waals surface area contributed by atoms with Crippen molar-refractivity contribution in [1.82, 2.24) is 15.1 Å². The first-order valence-electron chi connectivity index (χ1n) is 13.1. The molecule has 2 N–H and O–H groups in total. The van der Waals surface area contributed by atoms with Gasteiger partial charge in [-0.2, -0.15) is 0 Å². The molecule has 7 nitrogen and oxygen atoms in total. The van der Waals surface area contributed by atoms with Gasteiger partial charge in [0.1, 0.15) is 6.04 Å². The zero-order chi connectivity index (χ0) is 28.3. The second-order valence-electron chi connectivity index (χ2n) is 11.6. The normalized spacial score (nSPS) is 19.9. The summed E-state index contributed by atoms with van der Waals surface area (Å²) in [5, 5.41) is 15.2. The SMILES string of the molecule is CC(C)[C@@H](NC(=O)c1cccc(CC(=O)CN(C)C)c1)C(=O)N1CC[C@](O)(c2ccc(Cl)cc2)C(C)(C)C1. The molecule has 0 spiro atoms. The lowest BCUT2D eigenvalue weighted by Gasteiger charge is -2.51. The number of benzene rings is 2. The van der Waals surface area contributed by atoms with Crippen LogP contribution in [-0.2, 0) is 21.6 Å². The molecule has 0 saturated carbocycles. The molecule has 0 aliphatic carbocycles. The number of ketones is 1. The molecule has 38 heavy (non-hydrogen) atoms. The summed E-state index contributed by atoms with van der Waals surface area (Å²) in [5.74, 6) is -0.602. The van der Waals surface area contributed by atoms with E-state index in [2.05, 4.69) is 5.32 Å². The number of carbonyl (C=O) groups excluding carboxylic acids is 3. The van der Waals surface area contributed by atoms with Crippen molar-refractivity contribution in [2.24, 2.45) is 11.3 Å². The first kappa shape index (κ1) is 29.8. The monoisotopic (exact) mass is 541 g/mol. The highest BCUT2D eigenvalue weighted by Crippen LogP contribution is 2.46. The van der Waals surface area contributed by atoms with Crippen LogP contribution in [0.2, 0.25) is 5.02 Å². The lowest BCUT2D eigenvalue weighted by Crippen LogP contribution is -2.60. The Bertz CT molecular complexity index is 1160. The summed E-state index contributed by atoms with van der Waals surface area (Å²) in [4.78, 5) is 42.6. The second-order valence-corrected chi connectivity index (χ2v) is 12.0. The quantitative estimate of drug-likeness (QED) is 0.502. The molecule has 2 amide bonds. The number of nitrogens with one attached hydrogen (secondary N) is 1.